The summed E-state index contributed by atoms with van der Waals surface area (Å²) in [5.74, 6) is 0.656. The summed E-state index contributed by atoms with van der Waals surface area (Å²) in [6, 6.07) is 5.48. The highest BCUT2D eigenvalue weighted by molar-refractivity contribution is 7.89. The molecular weight excluding hydrogens is 238 g/mol. The number of hydrogen-bond acceptors (Lipinski definition) is 3. The van der Waals surface area contributed by atoms with Crippen LogP contribution < -0.4 is 4.74 Å². The van der Waals surface area contributed by atoms with Gasteiger partial charge in [0.05, 0.1) is 18.9 Å². The fourth-order valence-electron chi connectivity index (χ4n) is 1.93. The van der Waals surface area contributed by atoms with E-state index in [-0.39, 0.29) is 0 Å². The summed E-state index contributed by atoms with van der Waals surface area (Å²) in [6.45, 7) is 2.01. The van der Waals surface area contributed by atoms with Gasteiger partial charge < -0.3 is 4.74 Å². The molecule has 0 atom stereocenters. The van der Waals surface area contributed by atoms with E-state index in [4.69, 9.17) is 4.74 Å². The molecule has 4 nitrogen and oxygen atoms in total. The lowest BCUT2D eigenvalue weighted by Crippen LogP contribution is -2.08. The third-order valence-corrected chi connectivity index (χ3v) is 3.82. The van der Waals surface area contributed by atoms with Crippen LogP contribution in [-0.4, -0.2) is 25.8 Å². The molecule has 0 fully saturated rings. The molecule has 2 aromatic rings. The van der Waals surface area contributed by atoms with E-state index in [9.17, 15) is 8.42 Å². The van der Waals surface area contributed by atoms with Crippen LogP contribution in [0.5, 0.6) is 5.75 Å². The van der Waals surface area contributed by atoms with Crippen molar-refractivity contribution in [2.75, 3.05) is 13.4 Å². The Bertz CT molecular complexity index is 656. The van der Waals surface area contributed by atoms with Crippen LogP contribution in [0.2, 0.25) is 0 Å². The number of fused-ring (bicyclic) bond motifs is 1. The number of ether oxygens (including phenoxy) is 1. The van der Waals surface area contributed by atoms with Crippen LogP contribution in [0.1, 0.15) is 12.5 Å². The summed E-state index contributed by atoms with van der Waals surface area (Å²) in [7, 11) is -1.72. The van der Waals surface area contributed by atoms with Gasteiger partial charge in [-0.05, 0) is 24.1 Å². The first kappa shape index (κ1) is 12.0. The van der Waals surface area contributed by atoms with E-state index in [1.165, 1.54) is 10.2 Å². The van der Waals surface area contributed by atoms with Gasteiger partial charge in [0.25, 0.3) is 0 Å². The van der Waals surface area contributed by atoms with Crippen molar-refractivity contribution in [3.63, 3.8) is 0 Å². The number of hydrogen-bond donors (Lipinski definition) is 0. The monoisotopic (exact) mass is 253 g/mol. The Hall–Kier alpha value is -1.49. The molecule has 1 heterocycles. The number of aryl methyl sites for hydroxylation is 1. The molecule has 0 N–H and O–H groups in total. The van der Waals surface area contributed by atoms with Crippen molar-refractivity contribution in [3.8, 4) is 5.75 Å². The molecule has 1 aromatic heterocycles. The van der Waals surface area contributed by atoms with Gasteiger partial charge in [0, 0.05) is 17.6 Å². The summed E-state index contributed by atoms with van der Waals surface area (Å²) in [4.78, 5) is 0. The smallest absolute Gasteiger partial charge is 0.236 e. The molecule has 92 valence electrons. The lowest BCUT2D eigenvalue weighted by atomic mass is 10.1. The SMILES string of the molecule is CCc1cn(S(C)(=O)=O)c2cc(OC)ccc12. The standard InChI is InChI=1S/C12H15NO3S/c1-4-9-8-13(17(3,14)15)12-7-10(16-2)5-6-11(9)12/h5-8H,4H2,1-3H3. The van der Waals surface area contributed by atoms with Crippen LogP contribution in [-0.2, 0) is 16.4 Å². The molecule has 0 aliphatic heterocycles. The van der Waals surface area contributed by atoms with Gasteiger partial charge in [0.1, 0.15) is 5.75 Å². The molecule has 2 rings (SSSR count). The molecule has 0 spiro atoms. The first-order valence-corrected chi connectivity index (χ1v) is 7.20. The zero-order valence-electron chi connectivity index (χ0n) is 10.1. The Labute approximate surface area is 101 Å². The highest BCUT2D eigenvalue weighted by Gasteiger charge is 2.14. The van der Waals surface area contributed by atoms with Crippen molar-refractivity contribution in [1.82, 2.24) is 3.97 Å². The average molecular weight is 253 g/mol. The van der Waals surface area contributed by atoms with Gasteiger partial charge in [-0.15, -0.1) is 0 Å². The van der Waals surface area contributed by atoms with Gasteiger partial charge in [-0.1, -0.05) is 6.92 Å². The van der Waals surface area contributed by atoms with Gasteiger partial charge in [-0.3, -0.25) is 0 Å². The molecular formula is C12H15NO3S. The van der Waals surface area contributed by atoms with E-state index >= 15 is 0 Å². The summed E-state index contributed by atoms with van der Waals surface area (Å²) >= 11 is 0. The predicted octanol–water partition coefficient (Wildman–Crippen LogP) is 2.02. The Morgan fingerprint density at radius 2 is 2.06 bits per heavy atom. The minimum Gasteiger partial charge on any atom is -0.497 e. The number of methoxy groups -OCH3 is 1. The normalized spacial score (nSPS) is 11.9. The third-order valence-electron chi connectivity index (χ3n) is 2.80. The Morgan fingerprint density at radius 1 is 1.35 bits per heavy atom. The maximum absolute atomic E-state index is 11.7. The molecule has 0 saturated carbocycles. The molecule has 0 radical (unpaired) electrons. The maximum Gasteiger partial charge on any atom is 0.236 e. The van der Waals surface area contributed by atoms with E-state index in [1.54, 1.807) is 19.4 Å². The van der Waals surface area contributed by atoms with Crippen molar-refractivity contribution >= 4 is 20.9 Å². The van der Waals surface area contributed by atoms with Crippen LogP contribution in [0, 0.1) is 0 Å². The van der Waals surface area contributed by atoms with Gasteiger partial charge in [0.15, 0.2) is 0 Å². The summed E-state index contributed by atoms with van der Waals surface area (Å²) < 4.78 is 29.8. The summed E-state index contributed by atoms with van der Waals surface area (Å²) in [5.41, 5.74) is 1.69. The number of rotatable bonds is 3. The van der Waals surface area contributed by atoms with Crippen LogP contribution in [0.4, 0.5) is 0 Å². The molecule has 0 aliphatic carbocycles. The third kappa shape index (κ3) is 2.02. The topological polar surface area (TPSA) is 48.3 Å². The molecule has 0 unspecified atom stereocenters. The largest absolute Gasteiger partial charge is 0.497 e. The van der Waals surface area contributed by atoms with Gasteiger partial charge in [-0.2, -0.15) is 0 Å². The Morgan fingerprint density at radius 3 is 2.59 bits per heavy atom. The van der Waals surface area contributed by atoms with E-state index in [1.807, 2.05) is 19.1 Å². The Balaban J connectivity index is 2.84. The Kier molecular flexibility index (Phi) is 2.87. The minimum absolute atomic E-state index is 0.656. The van der Waals surface area contributed by atoms with E-state index in [2.05, 4.69) is 0 Å². The van der Waals surface area contributed by atoms with Crippen molar-refractivity contribution in [3.05, 3.63) is 30.0 Å². The molecule has 0 aliphatic rings. The first-order chi connectivity index (χ1) is 7.97. The highest BCUT2D eigenvalue weighted by atomic mass is 32.2. The minimum atomic E-state index is -3.28. The zero-order chi connectivity index (χ0) is 12.6. The molecule has 5 heteroatoms. The lowest BCUT2D eigenvalue weighted by Gasteiger charge is -2.03. The number of nitrogens with zero attached hydrogens (tertiary/aromatic N) is 1. The van der Waals surface area contributed by atoms with E-state index in [0.717, 1.165) is 17.4 Å². The number of aromatic nitrogens is 1. The van der Waals surface area contributed by atoms with Crippen molar-refractivity contribution in [2.24, 2.45) is 0 Å². The maximum atomic E-state index is 11.7. The van der Waals surface area contributed by atoms with Crippen LogP contribution in [0.3, 0.4) is 0 Å². The van der Waals surface area contributed by atoms with Crippen LogP contribution >= 0.6 is 0 Å². The van der Waals surface area contributed by atoms with Crippen molar-refractivity contribution in [1.29, 1.82) is 0 Å². The van der Waals surface area contributed by atoms with Crippen LogP contribution in [0.25, 0.3) is 10.9 Å². The van der Waals surface area contributed by atoms with Crippen molar-refractivity contribution < 1.29 is 13.2 Å². The fourth-order valence-corrected chi connectivity index (χ4v) is 2.76. The second-order valence-electron chi connectivity index (χ2n) is 3.95. The van der Waals surface area contributed by atoms with E-state index in [0.29, 0.717) is 11.3 Å². The average Bonchev–Trinajstić information content (AvgIpc) is 2.66. The first-order valence-electron chi connectivity index (χ1n) is 5.36. The van der Waals surface area contributed by atoms with Crippen LogP contribution in [0.15, 0.2) is 24.4 Å². The van der Waals surface area contributed by atoms with Crippen molar-refractivity contribution in [2.45, 2.75) is 13.3 Å². The predicted molar refractivity (Wildman–Crippen MR) is 68.1 cm³/mol. The second-order valence-corrected chi connectivity index (χ2v) is 5.81. The summed E-state index contributed by atoms with van der Waals surface area (Å²) in [5, 5.41) is 0.957. The fraction of sp³-hybridized carbons (Fsp3) is 0.333. The summed E-state index contributed by atoms with van der Waals surface area (Å²) in [6.07, 6.45) is 3.68. The molecule has 1 aromatic carbocycles. The van der Waals surface area contributed by atoms with E-state index < -0.39 is 10.0 Å². The molecule has 0 saturated heterocycles. The van der Waals surface area contributed by atoms with Gasteiger partial charge in [-0.25, -0.2) is 12.4 Å². The number of benzene rings is 1. The second kappa shape index (κ2) is 4.07. The zero-order valence-corrected chi connectivity index (χ0v) is 10.9. The molecule has 0 bridgehead atoms. The lowest BCUT2D eigenvalue weighted by molar-refractivity contribution is 0.415. The quantitative estimate of drug-likeness (QED) is 0.840. The van der Waals surface area contributed by atoms with Gasteiger partial charge >= 0.3 is 0 Å². The highest BCUT2D eigenvalue weighted by Crippen LogP contribution is 2.27. The molecule has 0 amide bonds. The van der Waals surface area contributed by atoms with Gasteiger partial charge in [0.2, 0.25) is 10.0 Å². The molecule has 17 heavy (non-hydrogen) atoms.